The Kier molecular flexibility index (Phi) is 1.36. The number of nitrogens with zero attached hydrogens (tertiary/aromatic N) is 2. The van der Waals surface area contributed by atoms with Gasteiger partial charge in [-0.3, -0.25) is 15.3 Å². The number of hydrogen-bond donors (Lipinski definition) is 1. The second-order valence-corrected chi connectivity index (χ2v) is 2.40. The first-order valence-corrected chi connectivity index (χ1v) is 3.40. The van der Waals surface area contributed by atoms with E-state index in [1.807, 2.05) is 18.5 Å². The lowest BCUT2D eigenvalue weighted by molar-refractivity contribution is 0.480. The molecule has 0 aromatic carbocycles. The molecule has 0 radical (unpaired) electrons. The molecular weight excluding hydrogens is 126 g/mol. The standard InChI is InChI=1S/C7H9N3/c1-2-6-4-8-5-10-7(6)9-3-1/h1-4,6-7,10H,5H2. The van der Waals surface area contributed by atoms with Crippen molar-refractivity contribution in [1.82, 2.24) is 5.32 Å². The number of hydrogen-bond acceptors (Lipinski definition) is 3. The van der Waals surface area contributed by atoms with Crippen molar-refractivity contribution in [1.29, 1.82) is 0 Å². The highest BCUT2D eigenvalue weighted by Crippen LogP contribution is 2.10. The van der Waals surface area contributed by atoms with E-state index in [0.29, 0.717) is 12.6 Å². The molecule has 2 aliphatic heterocycles. The molecule has 0 amide bonds. The van der Waals surface area contributed by atoms with Gasteiger partial charge >= 0.3 is 0 Å². The van der Waals surface area contributed by atoms with Gasteiger partial charge in [0.05, 0.1) is 6.67 Å². The molecule has 0 aromatic heterocycles. The summed E-state index contributed by atoms with van der Waals surface area (Å²) in [7, 11) is 0. The van der Waals surface area contributed by atoms with Crippen molar-refractivity contribution < 1.29 is 0 Å². The fraction of sp³-hybridized carbons (Fsp3) is 0.429. The number of fused-ring (bicyclic) bond motifs is 1. The van der Waals surface area contributed by atoms with Gasteiger partial charge in [0.25, 0.3) is 0 Å². The fourth-order valence-electron chi connectivity index (χ4n) is 1.17. The second-order valence-electron chi connectivity index (χ2n) is 2.40. The van der Waals surface area contributed by atoms with E-state index in [2.05, 4.69) is 21.4 Å². The summed E-state index contributed by atoms with van der Waals surface area (Å²) in [5, 5.41) is 3.17. The van der Waals surface area contributed by atoms with Crippen molar-refractivity contribution in [2.45, 2.75) is 6.17 Å². The van der Waals surface area contributed by atoms with E-state index in [1.54, 1.807) is 0 Å². The average Bonchev–Trinajstić information content (AvgIpc) is 2.05. The van der Waals surface area contributed by atoms with Crippen LogP contribution in [0.1, 0.15) is 0 Å². The van der Waals surface area contributed by atoms with Crippen molar-refractivity contribution in [3.8, 4) is 0 Å². The van der Waals surface area contributed by atoms with Crippen LogP contribution in [0.25, 0.3) is 0 Å². The minimum Gasteiger partial charge on any atom is -0.281 e. The lowest BCUT2D eigenvalue weighted by atomic mass is 10.0. The molecule has 0 aromatic rings. The molecule has 3 heteroatoms. The summed E-state index contributed by atoms with van der Waals surface area (Å²) in [4.78, 5) is 8.34. The Morgan fingerprint density at radius 1 is 1.50 bits per heavy atom. The molecule has 2 aliphatic rings. The molecule has 2 rings (SSSR count). The van der Waals surface area contributed by atoms with Gasteiger partial charge in [-0.1, -0.05) is 6.08 Å². The summed E-state index contributed by atoms with van der Waals surface area (Å²) in [6.07, 6.45) is 8.08. The molecule has 52 valence electrons. The maximum absolute atomic E-state index is 4.24. The van der Waals surface area contributed by atoms with Gasteiger partial charge in [-0.2, -0.15) is 0 Å². The topological polar surface area (TPSA) is 36.8 Å². The highest BCUT2D eigenvalue weighted by Gasteiger charge is 2.19. The predicted octanol–water partition coefficient (Wildman–Crippen LogP) is 0.201. The first-order chi connectivity index (χ1) is 4.97. The van der Waals surface area contributed by atoms with Crippen molar-refractivity contribution in [3.05, 3.63) is 12.2 Å². The molecule has 0 saturated heterocycles. The van der Waals surface area contributed by atoms with Crippen molar-refractivity contribution in [2.24, 2.45) is 15.9 Å². The molecule has 0 saturated carbocycles. The summed E-state index contributed by atoms with van der Waals surface area (Å²) >= 11 is 0. The van der Waals surface area contributed by atoms with Gasteiger partial charge in [-0.15, -0.1) is 0 Å². The van der Waals surface area contributed by atoms with Crippen LogP contribution < -0.4 is 5.32 Å². The molecular formula is C7H9N3. The maximum atomic E-state index is 4.24. The van der Waals surface area contributed by atoms with Gasteiger partial charge in [0.15, 0.2) is 0 Å². The number of aliphatic imine (C=N–C) groups is 2. The molecule has 10 heavy (non-hydrogen) atoms. The number of allylic oxidation sites excluding steroid dienone is 1. The summed E-state index contributed by atoms with van der Waals surface area (Å²) < 4.78 is 0. The Labute approximate surface area is 59.6 Å². The number of nitrogens with one attached hydrogen (secondary N) is 1. The Balaban J connectivity index is 2.21. The Hall–Kier alpha value is -0.960. The van der Waals surface area contributed by atoms with Crippen LogP contribution >= 0.6 is 0 Å². The largest absolute Gasteiger partial charge is 0.281 e. The van der Waals surface area contributed by atoms with E-state index in [4.69, 9.17) is 0 Å². The van der Waals surface area contributed by atoms with E-state index < -0.39 is 0 Å². The monoisotopic (exact) mass is 135 g/mol. The average molecular weight is 135 g/mol. The van der Waals surface area contributed by atoms with E-state index in [0.717, 1.165) is 0 Å². The first-order valence-electron chi connectivity index (χ1n) is 3.40. The molecule has 2 atom stereocenters. The van der Waals surface area contributed by atoms with Crippen molar-refractivity contribution in [2.75, 3.05) is 6.67 Å². The van der Waals surface area contributed by atoms with Crippen LogP contribution in [0.4, 0.5) is 0 Å². The van der Waals surface area contributed by atoms with Gasteiger partial charge in [-0.25, -0.2) is 0 Å². The summed E-state index contributed by atoms with van der Waals surface area (Å²) in [6, 6.07) is 0. The Morgan fingerprint density at radius 3 is 3.40 bits per heavy atom. The Bertz CT molecular complexity index is 205. The minimum atomic E-state index is 0.238. The van der Waals surface area contributed by atoms with Crippen LogP contribution in [0.5, 0.6) is 0 Å². The zero-order valence-corrected chi connectivity index (χ0v) is 5.57. The predicted molar refractivity (Wildman–Crippen MR) is 41.4 cm³/mol. The SMILES string of the molecule is C1=CC2C=NCNC2N=C1. The fourth-order valence-corrected chi connectivity index (χ4v) is 1.17. The van der Waals surface area contributed by atoms with E-state index in [1.165, 1.54) is 0 Å². The Morgan fingerprint density at radius 2 is 2.50 bits per heavy atom. The van der Waals surface area contributed by atoms with E-state index >= 15 is 0 Å². The van der Waals surface area contributed by atoms with Gasteiger partial charge in [-0.05, 0) is 6.08 Å². The highest BCUT2D eigenvalue weighted by atomic mass is 15.1. The normalized spacial score (nSPS) is 36.0. The van der Waals surface area contributed by atoms with Gasteiger partial charge in [0.1, 0.15) is 6.17 Å². The summed E-state index contributed by atoms with van der Waals surface area (Å²) in [6.45, 7) is 0.701. The van der Waals surface area contributed by atoms with Gasteiger partial charge in [0, 0.05) is 18.3 Å². The van der Waals surface area contributed by atoms with Crippen molar-refractivity contribution in [3.63, 3.8) is 0 Å². The van der Waals surface area contributed by atoms with Crippen LogP contribution in [0, 0.1) is 5.92 Å². The molecule has 0 fully saturated rings. The molecule has 2 unspecified atom stereocenters. The number of dihydropyridines is 1. The van der Waals surface area contributed by atoms with Crippen molar-refractivity contribution >= 4 is 12.4 Å². The zero-order chi connectivity index (χ0) is 6.81. The maximum Gasteiger partial charge on any atom is 0.112 e. The smallest absolute Gasteiger partial charge is 0.112 e. The third-order valence-corrected chi connectivity index (χ3v) is 1.70. The lowest BCUT2D eigenvalue weighted by Gasteiger charge is -2.23. The third kappa shape index (κ3) is 0.885. The first kappa shape index (κ1) is 5.80. The van der Waals surface area contributed by atoms with E-state index in [9.17, 15) is 0 Å². The second kappa shape index (κ2) is 2.34. The van der Waals surface area contributed by atoms with Crippen LogP contribution in [0.3, 0.4) is 0 Å². The molecule has 0 bridgehead atoms. The summed E-state index contributed by atoms with van der Waals surface area (Å²) in [5.74, 6) is 0.374. The lowest BCUT2D eigenvalue weighted by Crippen LogP contribution is -2.39. The number of rotatable bonds is 0. The van der Waals surface area contributed by atoms with Crippen LogP contribution in [-0.2, 0) is 0 Å². The molecule has 0 spiro atoms. The van der Waals surface area contributed by atoms with Gasteiger partial charge < -0.3 is 0 Å². The van der Waals surface area contributed by atoms with Crippen LogP contribution in [-0.4, -0.2) is 25.3 Å². The zero-order valence-electron chi connectivity index (χ0n) is 5.57. The van der Waals surface area contributed by atoms with E-state index in [-0.39, 0.29) is 6.17 Å². The van der Waals surface area contributed by atoms with Crippen LogP contribution in [0.2, 0.25) is 0 Å². The molecule has 2 heterocycles. The highest BCUT2D eigenvalue weighted by molar-refractivity contribution is 5.76. The minimum absolute atomic E-state index is 0.238. The molecule has 0 aliphatic carbocycles. The molecule has 1 N–H and O–H groups in total. The van der Waals surface area contributed by atoms with Crippen LogP contribution in [0.15, 0.2) is 22.1 Å². The summed E-state index contributed by atoms with van der Waals surface area (Å²) in [5.41, 5.74) is 0. The third-order valence-electron chi connectivity index (χ3n) is 1.70. The quantitative estimate of drug-likeness (QED) is 0.506. The molecule has 3 nitrogen and oxygen atoms in total. The van der Waals surface area contributed by atoms with Gasteiger partial charge in [0.2, 0.25) is 0 Å².